The average molecular weight is 233 g/mol. The maximum Gasteiger partial charge on any atom is 0.321 e. The van der Waals surface area contributed by atoms with E-state index in [0.29, 0.717) is 11.3 Å². The number of nitriles is 1. The molecule has 0 heterocycles. The molecule has 0 saturated carbocycles. The lowest BCUT2D eigenvalue weighted by molar-refractivity contribution is -0.153. The number of carbonyl (C=O) groups is 1. The molecule has 1 aromatic rings. The van der Waals surface area contributed by atoms with Crippen LogP contribution in [-0.2, 0) is 15.2 Å². The Bertz CT molecular complexity index is 475. The van der Waals surface area contributed by atoms with Crippen LogP contribution < -0.4 is 11.2 Å². The highest BCUT2D eigenvalue weighted by Gasteiger charge is 2.22. The van der Waals surface area contributed by atoms with Crippen molar-refractivity contribution in [3.8, 4) is 6.07 Å². The van der Waals surface area contributed by atoms with Gasteiger partial charge in [-0.05, 0) is 31.5 Å². The summed E-state index contributed by atoms with van der Waals surface area (Å²) in [7, 11) is 0. The molecule has 0 aliphatic carbocycles. The van der Waals surface area contributed by atoms with E-state index >= 15 is 0 Å². The van der Waals surface area contributed by atoms with Gasteiger partial charge < -0.3 is 10.6 Å². The molecule has 17 heavy (non-hydrogen) atoms. The number of carbonyl (C=O) groups excluding carboxylic acids is 1. The molecule has 1 rings (SSSR count). The Labute approximate surface area is 100 Å². The summed E-state index contributed by atoms with van der Waals surface area (Å²) in [4.78, 5) is 15.5. The number of nitrogens with zero attached hydrogens (tertiary/aromatic N) is 1. The molecule has 0 fully saturated rings. The lowest BCUT2D eigenvalue weighted by Gasteiger charge is -2.25. The molecule has 5 heteroatoms. The summed E-state index contributed by atoms with van der Waals surface area (Å²) in [5.74, 6) is -0.422. The standard InChI is InChI=1S/C12H15N3O2/c1-8(16)17-15-12(2,3)10-4-5-11(14)9(6-10)7-13/h4-6,15H,14H2,1-3H3. The normalized spacial score (nSPS) is 10.7. The second kappa shape index (κ2) is 4.85. The van der Waals surface area contributed by atoms with Crippen LogP contribution >= 0.6 is 0 Å². The highest BCUT2D eigenvalue weighted by Crippen LogP contribution is 2.23. The van der Waals surface area contributed by atoms with Crippen molar-refractivity contribution in [2.45, 2.75) is 26.3 Å². The van der Waals surface area contributed by atoms with Gasteiger partial charge in [-0.15, -0.1) is 5.48 Å². The number of anilines is 1. The molecule has 0 atom stereocenters. The van der Waals surface area contributed by atoms with Gasteiger partial charge in [0.05, 0.1) is 11.1 Å². The first-order chi connectivity index (χ1) is 7.86. The summed E-state index contributed by atoms with van der Waals surface area (Å²) >= 11 is 0. The van der Waals surface area contributed by atoms with Crippen molar-refractivity contribution in [3.05, 3.63) is 29.3 Å². The van der Waals surface area contributed by atoms with Gasteiger partial charge in [-0.25, -0.2) is 0 Å². The molecule has 0 radical (unpaired) electrons. The third-order valence-corrected chi connectivity index (χ3v) is 2.35. The van der Waals surface area contributed by atoms with Crippen LogP contribution in [0.4, 0.5) is 5.69 Å². The molecule has 0 spiro atoms. The number of nitrogen functional groups attached to an aromatic ring is 1. The summed E-state index contributed by atoms with van der Waals surface area (Å²) in [6.45, 7) is 4.98. The topological polar surface area (TPSA) is 88.1 Å². The van der Waals surface area contributed by atoms with Crippen molar-refractivity contribution in [2.24, 2.45) is 0 Å². The highest BCUT2D eigenvalue weighted by atomic mass is 16.7. The third-order valence-electron chi connectivity index (χ3n) is 2.35. The van der Waals surface area contributed by atoms with Crippen molar-refractivity contribution < 1.29 is 9.63 Å². The van der Waals surface area contributed by atoms with Crippen LogP contribution in [0.3, 0.4) is 0 Å². The number of hydrogen-bond donors (Lipinski definition) is 2. The molecule has 0 aliphatic heterocycles. The Hall–Kier alpha value is -2.06. The second-order valence-corrected chi connectivity index (χ2v) is 4.23. The lowest BCUT2D eigenvalue weighted by atomic mass is 9.93. The van der Waals surface area contributed by atoms with Crippen molar-refractivity contribution >= 4 is 11.7 Å². The quantitative estimate of drug-likeness (QED) is 0.609. The number of hydroxylamine groups is 1. The minimum Gasteiger partial charge on any atom is -0.398 e. The highest BCUT2D eigenvalue weighted by molar-refractivity contribution is 5.65. The first-order valence-corrected chi connectivity index (χ1v) is 5.11. The minimum absolute atomic E-state index is 0.403. The van der Waals surface area contributed by atoms with E-state index in [0.717, 1.165) is 5.56 Å². The Morgan fingerprint density at radius 3 is 2.71 bits per heavy atom. The number of hydrogen-bond acceptors (Lipinski definition) is 5. The Balaban J connectivity index is 2.99. The Morgan fingerprint density at radius 2 is 2.18 bits per heavy atom. The molecule has 3 N–H and O–H groups in total. The van der Waals surface area contributed by atoms with E-state index in [9.17, 15) is 4.79 Å². The van der Waals surface area contributed by atoms with Gasteiger partial charge in [0.25, 0.3) is 0 Å². The van der Waals surface area contributed by atoms with Gasteiger partial charge in [-0.3, -0.25) is 4.79 Å². The smallest absolute Gasteiger partial charge is 0.321 e. The zero-order valence-electron chi connectivity index (χ0n) is 10.1. The van der Waals surface area contributed by atoms with Crippen molar-refractivity contribution in [2.75, 3.05) is 5.73 Å². The van der Waals surface area contributed by atoms with Gasteiger partial charge in [0, 0.05) is 12.6 Å². The molecule has 0 unspecified atom stereocenters. The van der Waals surface area contributed by atoms with E-state index in [1.165, 1.54) is 6.92 Å². The van der Waals surface area contributed by atoms with Gasteiger partial charge >= 0.3 is 5.97 Å². The summed E-state index contributed by atoms with van der Waals surface area (Å²) in [6, 6.07) is 7.13. The van der Waals surface area contributed by atoms with Gasteiger partial charge in [0.15, 0.2) is 0 Å². The molecule has 0 saturated heterocycles. The molecule has 0 aliphatic rings. The van der Waals surface area contributed by atoms with Crippen LogP contribution in [0.1, 0.15) is 31.9 Å². The van der Waals surface area contributed by atoms with Crippen molar-refractivity contribution in [1.82, 2.24) is 5.48 Å². The van der Waals surface area contributed by atoms with Crippen LogP contribution in [0.5, 0.6) is 0 Å². The summed E-state index contributed by atoms with van der Waals surface area (Å²) in [6.07, 6.45) is 0. The number of benzene rings is 1. The monoisotopic (exact) mass is 233 g/mol. The summed E-state index contributed by atoms with van der Waals surface area (Å²) < 4.78 is 0. The Kier molecular flexibility index (Phi) is 3.71. The second-order valence-electron chi connectivity index (χ2n) is 4.23. The van der Waals surface area contributed by atoms with Gasteiger partial charge in [0.1, 0.15) is 6.07 Å². The fourth-order valence-corrected chi connectivity index (χ4v) is 1.30. The molecule has 1 aromatic carbocycles. The maximum atomic E-state index is 10.7. The van der Waals surface area contributed by atoms with Gasteiger partial charge in [0.2, 0.25) is 0 Å². The van der Waals surface area contributed by atoms with E-state index in [1.807, 2.05) is 19.9 Å². The SMILES string of the molecule is CC(=O)ONC(C)(C)c1ccc(N)c(C#N)c1. The van der Waals surface area contributed by atoms with Crippen LogP contribution in [-0.4, -0.2) is 5.97 Å². The van der Waals surface area contributed by atoms with Gasteiger partial charge in [-0.1, -0.05) is 6.07 Å². The molecule has 0 aromatic heterocycles. The summed E-state index contributed by atoms with van der Waals surface area (Å²) in [5.41, 5.74) is 9.33. The molecular formula is C12H15N3O2. The van der Waals surface area contributed by atoms with E-state index < -0.39 is 11.5 Å². The molecule has 0 amide bonds. The maximum absolute atomic E-state index is 10.7. The van der Waals surface area contributed by atoms with Crippen molar-refractivity contribution in [1.29, 1.82) is 5.26 Å². The molecule has 90 valence electrons. The number of nitrogens with one attached hydrogen (secondary N) is 1. The van der Waals surface area contributed by atoms with E-state index in [2.05, 4.69) is 5.48 Å². The third kappa shape index (κ3) is 3.20. The van der Waals surface area contributed by atoms with Gasteiger partial charge in [-0.2, -0.15) is 5.26 Å². The predicted octanol–water partition coefficient (Wildman–Crippen LogP) is 1.44. The largest absolute Gasteiger partial charge is 0.398 e. The molecular weight excluding hydrogens is 218 g/mol. The van der Waals surface area contributed by atoms with Crippen molar-refractivity contribution in [3.63, 3.8) is 0 Å². The Morgan fingerprint density at radius 1 is 1.53 bits per heavy atom. The zero-order valence-corrected chi connectivity index (χ0v) is 10.1. The first-order valence-electron chi connectivity index (χ1n) is 5.11. The predicted molar refractivity (Wildman–Crippen MR) is 63.5 cm³/mol. The fourth-order valence-electron chi connectivity index (χ4n) is 1.30. The first kappa shape index (κ1) is 13.0. The zero-order chi connectivity index (χ0) is 13.1. The van der Waals surface area contributed by atoms with E-state index in [1.54, 1.807) is 18.2 Å². The van der Waals surface area contributed by atoms with E-state index in [-0.39, 0.29) is 0 Å². The fraction of sp³-hybridized carbons (Fsp3) is 0.333. The number of rotatable bonds is 3. The average Bonchev–Trinajstić information content (AvgIpc) is 2.27. The molecule has 5 nitrogen and oxygen atoms in total. The van der Waals surface area contributed by atoms with Crippen LogP contribution in [0.25, 0.3) is 0 Å². The minimum atomic E-state index is -0.592. The van der Waals surface area contributed by atoms with Crippen LogP contribution in [0, 0.1) is 11.3 Å². The molecule has 0 bridgehead atoms. The van der Waals surface area contributed by atoms with E-state index in [4.69, 9.17) is 15.8 Å². The number of nitrogens with two attached hydrogens (primary N) is 1. The van der Waals surface area contributed by atoms with Crippen LogP contribution in [0.15, 0.2) is 18.2 Å². The van der Waals surface area contributed by atoms with Crippen LogP contribution in [0.2, 0.25) is 0 Å². The lowest BCUT2D eigenvalue weighted by Crippen LogP contribution is -2.37. The summed E-state index contributed by atoms with van der Waals surface area (Å²) in [5, 5.41) is 8.89.